The summed E-state index contributed by atoms with van der Waals surface area (Å²) in [6.07, 6.45) is 6.33. The van der Waals surface area contributed by atoms with Gasteiger partial charge < -0.3 is 14.2 Å². The molecule has 32 heavy (non-hydrogen) atoms. The van der Waals surface area contributed by atoms with E-state index in [4.69, 9.17) is 4.74 Å². The van der Waals surface area contributed by atoms with E-state index in [2.05, 4.69) is 43.8 Å². The molecule has 4 aromatic rings. The van der Waals surface area contributed by atoms with Gasteiger partial charge in [0, 0.05) is 49.1 Å². The number of rotatable bonds is 2. The fourth-order valence-electron chi connectivity index (χ4n) is 4.86. The minimum atomic E-state index is -0.151. The summed E-state index contributed by atoms with van der Waals surface area (Å²) in [6.45, 7) is 4.36. The Balaban J connectivity index is 1.43. The van der Waals surface area contributed by atoms with Gasteiger partial charge in [-0.3, -0.25) is 4.40 Å². The van der Waals surface area contributed by atoms with Gasteiger partial charge >= 0.3 is 5.69 Å². The van der Waals surface area contributed by atoms with Crippen molar-refractivity contribution < 1.29 is 4.74 Å². The number of aromatic nitrogens is 6. The summed E-state index contributed by atoms with van der Waals surface area (Å²) in [4.78, 5) is 14.4. The van der Waals surface area contributed by atoms with Gasteiger partial charge in [-0.2, -0.15) is 5.10 Å². The Kier molecular flexibility index (Phi) is 4.31. The summed E-state index contributed by atoms with van der Waals surface area (Å²) in [5.74, 6) is 2.88. The van der Waals surface area contributed by atoms with Crippen molar-refractivity contribution >= 4 is 17.0 Å². The molecule has 0 saturated carbocycles. The van der Waals surface area contributed by atoms with Crippen LogP contribution in [0.5, 0.6) is 5.75 Å². The van der Waals surface area contributed by atoms with Crippen molar-refractivity contribution in [3.05, 3.63) is 52.3 Å². The first kappa shape index (κ1) is 19.1. The molecule has 5 heterocycles. The number of anilines is 2. The zero-order valence-corrected chi connectivity index (χ0v) is 18.3. The molecule has 9 heteroatoms. The van der Waals surface area contributed by atoms with E-state index in [1.165, 1.54) is 17.5 Å². The Morgan fingerprint density at radius 3 is 2.88 bits per heavy atom. The maximum atomic E-state index is 12.1. The number of hydrogen-bond donors (Lipinski definition) is 0. The van der Waals surface area contributed by atoms with E-state index in [1.807, 2.05) is 12.1 Å². The second-order valence-corrected chi connectivity index (χ2v) is 8.51. The molecule has 0 atom stereocenters. The molecule has 2 aliphatic rings. The molecule has 0 spiro atoms. The number of benzene rings is 1. The average molecular weight is 432 g/mol. The highest BCUT2D eigenvalue weighted by Crippen LogP contribution is 2.42. The van der Waals surface area contributed by atoms with Gasteiger partial charge in [0.05, 0.1) is 12.2 Å². The van der Waals surface area contributed by atoms with Crippen LogP contribution in [0.3, 0.4) is 0 Å². The second-order valence-electron chi connectivity index (χ2n) is 8.51. The maximum absolute atomic E-state index is 12.1. The predicted octanol–water partition coefficient (Wildman–Crippen LogP) is 2.86. The number of ether oxygens (including phenoxy) is 1. The molecule has 9 nitrogen and oxygen atoms in total. The van der Waals surface area contributed by atoms with Gasteiger partial charge in [-0.15, -0.1) is 10.2 Å². The van der Waals surface area contributed by atoms with Gasteiger partial charge in [0.2, 0.25) is 0 Å². The summed E-state index contributed by atoms with van der Waals surface area (Å²) in [7, 11) is 1.66. The van der Waals surface area contributed by atoms with Gasteiger partial charge in [-0.25, -0.2) is 9.48 Å². The van der Waals surface area contributed by atoms with E-state index < -0.39 is 0 Å². The monoisotopic (exact) mass is 431 g/mol. The minimum absolute atomic E-state index is 0.151. The Hall–Kier alpha value is -3.62. The molecule has 3 aromatic heterocycles. The quantitative estimate of drug-likeness (QED) is 0.485. The van der Waals surface area contributed by atoms with Gasteiger partial charge in [0.1, 0.15) is 18.2 Å². The molecule has 164 valence electrons. The van der Waals surface area contributed by atoms with Crippen LogP contribution in [-0.2, 0) is 20.0 Å². The molecular weight excluding hydrogens is 406 g/mol. The third-order valence-electron chi connectivity index (χ3n) is 6.55. The van der Waals surface area contributed by atoms with Gasteiger partial charge in [0.25, 0.3) is 0 Å². The highest BCUT2D eigenvalue weighted by Gasteiger charge is 2.26. The summed E-state index contributed by atoms with van der Waals surface area (Å²) in [5.41, 5.74) is 4.61. The number of aryl methyl sites for hydroxylation is 2. The minimum Gasteiger partial charge on any atom is -0.489 e. The molecule has 0 amide bonds. The standard InChI is InChI=1S/C23H25N7O2/c1-15-17(22-25-24-19-6-4-3-5-10-29(19)22)7-8-18-21(15)32-13-12-28(18)16-9-11-30-20(14-16)26-27(2)23(30)31/h7-9,11,14H,3-6,10,12-13H2,1-2H3. The Labute approximate surface area is 184 Å². The van der Waals surface area contributed by atoms with Crippen molar-refractivity contribution in [2.24, 2.45) is 7.05 Å². The van der Waals surface area contributed by atoms with E-state index in [0.29, 0.717) is 12.3 Å². The van der Waals surface area contributed by atoms with E-state index >= 15 is 0 Å². The molecule has 6 rings (SSSR count). The molecule has 1 aromatic carbocycles. The summed E-state index contributed by atoms with van der Waals surface area (Å²) in [6, 6.07) is 8.12. The highest BCUT2D eigenvalue weighted by atomic mass is 16.5. The lowest BCUT2D eigenvalue weighted by Crippen LogP contribution is -2.29. The molecule has 0 aliphatic carbocycles. The van der Waals surface area contributed by atoms with Crippen molar-refractivity contribution in [2.75, 3.05) is 18.1 Å². The first-order chi connectivity index (χ1) is 15.6. The summed E-state index contributed by atoms with van der Waals surface area (Å²) in [5, 5.41) is 13.3. The number of nitrogens with zero attached hydrogens (tertiary/aromatic N) is 7. The highest BCUT2D eigenvalue weighted by molar-refractivity contribution is 5.78. The molecule has 0 unspecified atom stereocenters. The third kappa shape index (κ3) is 2.84. The smallest absolute Gasteiger partial charge is 0.350 e. The topological polar surface area (TPSA) is 82.5 Å². The van der Waals surface area contributed by atoms with Crippen molar-refractivity contribution in [1.82, 2.24) is 28.9 Å². The normalized spacial score (nSPS) is 15.9. The Bertz CT molecular complexity index is 1400. The van der Waals surface area contributed by atoms with Crippen LogP contribution in [0, 0.1) is 6.92 Å². The van der Waals surface area contributed by atoms with E-state index in [0.717, 1.165) is 65.8 Å². The van der Waals surface area contributed by atoms with Crippen LogP contribution < -0.4 is 15.3 Å². The van der Waals surface area contributed by atoms with Gasteiger partial charge in [-0.05, 0) is 38.0 Å². The summed E-state index contributed by atoms with van der Waals surface area (Å²) < 4.78 is 11.3. The zero-order valence-electron chi connectivity index (χ0n) is 18.3. The van der Waals surface area contributed by atoms with Crippen LogP contribution in [-0.4, -0.2) is 42.1 Å². The van der Waals surface area contributed by atoms with Crippen LogP contribution >= 0.6 is 0 Å². The van der Waals surface area contributed by atoms with Crippen LogP contribution in [0.25, 0.3) is 17.0 Å². The van der Waals surface area contributed by atoms with Crippen molar-refractivity contribution in [1.29, 1.82) is 0 Å². The lowest BCUT2D eigenvalue weighted by molar-refractivity contribution is 0.312. The van der Waals surface area contributed by atoms with E-state index in [-0.39, 0.29) is 5.69 Å². The number of fused-ring (bicyclic) bond motifs is 3. The largest absolute Gasteiger partial charge is 0.489 e. The predicted molar refractivity (Wildman–Crippen MR) is 121 cm³/mol. The first-order valence-electron chi connectivity index (χ1n) is 11.1. The van der Waals surface area contributed by atoms with Crippen molar-refractivity contribution in [2.45, 2.75) is 39.2 Å². The fraction of sp³-hybridized carbons (Fsp3) is 0.391. The lowest BCUT2D eigenvalue weighted by atomic mass is 10.0. The van der Waals surface area contributed by atoms with E-state index in [9.17, 15) is 4.79 Å². The number of hydrogen-bond acceptors (Lipinski definition) is 6. The molecular formula is C23H25N7O2. The average Bonchev–Trinajstić information content (AvgIpc) is 3.23. The van der Waals surface area contributed by atoms with Crippen LogP contribution in [0.2, 0.25) is 0 Å². The molecule has 0 bridgehead atoms. The second kappa shape index (κ2) is 7.22. The molecule has 0 N–H and O–H groups in total. The Morgan fingerprint density at radius 2 is 1.97 bits per heavy atom. The Morgan fingerprint density at radius 1 is 1.06 bits per heavy atom. The maximum Gasteiger partial charge on any atom is 0.350 e. The van der Waals surface area contributed by atoms with Gasteiger partial charge in [-0.1, -0.05) is 6.42 Å². The molecule has 0 fully saturated rings. The lowest BCUT2D eigenvalue weighted by Gasteiger charge is -2.32. The first-order valence-corrected chi connectivity index (χ1v) is 11.1. The summed E-state index contributed by atoms with van der Waals surface area (Å²) >= 11 is 0. The molecule has 0 saturated heterocycles. The number of pyridine rings is 1. The van der Waals surface area contributed by atoms with Gasteiger partial charge in [0.15, 0.2) is 11.5 Å². The SMILES string of the molecule is Cc1c(-c2nnc3n2CCCCC3)ccc2c1OCCN2c1ccn2c(=O)n(C)nc2c1. The molecule has 0 radical (unpaired) electrons. The van der Waals surface area contributed by atoms with Crippen molar-refractivity contribution in [3.63, 3.8) is 0 Å². The van der Waals surface area contributed by atoms with Crippen LogP contribution in [0.15, 0.2) is 35.3 Å². The van der Waals surface area contributed by atoms with Crippen LogP contribution in [0.4, 0.5) is 11.4 Å². The van der Waals surface area contributed by atoms with Crippen molar-refractivity contribution in [3.8, 4) is 17.1 Å². The van der Waals surface area contributed by atoms with Crippen LogP contribution in [0.1, 0.15) is 30.7 Å². The third-order valence-corrected chi connectivity index (χ3v) is 6.55. The fourth-order valence-corrected chi connectivity index (χ4v) is 4.86. The molecule has 2 aliphatic heterocycles. The van der Waals surface area contributed by atoms with E-state index in [1.54, 1.807) is 17.6 Å². The zero-order chi connectivity index (χ0) is 21.8.